The van der Waals surface area contributed by atoms with E-state index in [1.807, 2.05) is 0 Å². The Labute approximate surface area is 104 Å². The molecule has 86 valence electrons. The van der Waals surface area contributed by atoms with Crippen molar-refractivity contribution in [2.75, 3.05) is 0 Å². The Hall–Kier alpha value is -1.28. The fourth-order valence-corrected chi connectivity index (χ4v) is 1.86. The van der Waals surface area contributed by atoms with Gasteiger partial charge in [0.15, 0.2) is 0 Å². The zero-order valence-electron chi connectivity index (χ0n) is 8.31. The summed E-state index contributed by atoms with van der Waals surface area (Å²) >= 11 is 10.1. The number of rotatable bonds is 3. The van der Waals surface area contributed by atoms with E-state index in [9.17, 15) is 5.11 Å². The standard InChI is InChI=1S/C9H12N4OS2/c10-12-8(15)7(9(16)13-11)5-3-1-2-4-6(5)14/h1-4,7,14H,10-11H2,(H,12,15)(H,13,16). The first kappa shape index (κ1) is 12.8. The maximum absolute atomic E-state index is 9.71. The Morgan fingerprint density at radius 1 is 1.12 bits per heavy atom. The maximum atomic E-state index is 9.71. The molecule has 16 heavy (non-hydrogen) atoms. The highest BCUT2D eigenvalue weighted by Crippen LogP contribution is 2.26. The summed E-state index contributed by atoms with van der Waals surface area (Å²) in [6.45, 7) is 0. The number of nitrogens with two attached hydrogens (primary N) is 2. The molecule has 1 rings (SSSR count). The van der Waals surface area contributed by atoms with Crippen molar-refractivity contribution in [2.24, 2.45) is 11.7 Å². The smallest absolute Gasteiger partial charge is 0.119 e. The van der Waals surface area contributed by atoms with Gasteiger partial charge in [0, 0.05) is 5.56 Å². The van der Waals surface area contributed by atoms with Crippen molar-refractivity contribution in [1.82, 2.24) is 10.9 Å². The van der Waals surface area contributed by atoms with E-state index >= 15 is 0 Å². The van der Waals surface area contributed by atoms with Crippen molar-refractivity contribution in [3.8, 4) is 5.75 Å². The predicted molar refractivity (Wildman–Crippen MR) is 70.7 cm³/mol. The quantitative estimate of drug-likeness (QED) is 0.296. The number of hydrogen-bond acceptors (Lipinski definition) is 5. The number of hydrazine groups is 2. The van der Waals surface area contributed by atoms with Crippen LogP contribution in [0.15, 0.2) is 24.3 Å². The maximum Gasteiger partial charge on any atom is 0.119 e. The molecular formula is C9H12N4OS2. The van der Waals surface area contributed by atoms with Gasteiger partial charge in [-0.2, -0.15) is 0 Å². The zero-order valence-corrected chi connectivity index (χ0v) is 9.94. The molecule has 0 aliphatic heterocycles. The highest BCUT2D eigenvalue weighted by molar-refractivity contribution is 7.82. The highest BCUT2D eigenvalue weighted by Gasteiger charge is 2.23. The van der Waals surface area contributed by atoms with Gasteiger partial charge >= 0.3 is 0 Å². The van der Waals surface area contributed by atoms with Crippen molar-refractivity contribution >= 4 is 34.4 Å². The van der Waals surface area contributed by atoms with Crippen LogP contribution in [0.4, 0.5) is 0 Å². The minimum Gasteiger partial charge on any atom is -0.508 e. The summed E-state index contributed by atoms with van der Waals surface area (Å²) in [5, 5.41) is 9.71. The summed E-state index contributed by atoms with van der Waals surface area (Å²) < 4.78 is 0. The number of phenolic OH excluding ortho intramolecular Hbond substituents is 1. The van der Waals surface area contributed by atoms with Gasteiger partial charge in [-0.3, -0.25) is 11.7 Å². The molecule has 1 aromatic rings. The van der Waals surface area contributed by atoms with Gasteiger partial charge in [-0.25, -0.2) is 0 Å². The Morgan fingerprint density at radius 2 is 1.62 bits per heavy atom. The predicted octanol–water partition coefficient (Wildman–Crippen LogP) is 0.0572. The normalized spacial score (nSPS) is 9.94. The second-order valence-corrected chi connectivity index (χ2v) is 3.89. The van der Waals surface area contributed by atoms with E-state index in [-0.39, 0.29) is 15.7 Å². The van der Waals surface area contributed by atoms with E-state index < -0.39 is 5.92 Å². The number of para-hydroxylation sites is 1. The Bertz CT molecular complexity index is 394. The third-order valence-electron chi connectivity index (χ3n) is 2.06. The lowest BCUT2D eigenvalue weighted by molar-refractivity contribution is 0.469. The van der Waals surface area contributed by atoms with Crippen LogP contribution in [0, 0.1) is 0 Å². The molecule has 1 aromatic carbocycles. The van der Waals surface area contributed by atoms with Gasteiger partial charge in [-0.05, 0) is 6.07 Å². The molecular weight excluding hydrogens is 244 g/mol. The molecule has 0 heterocycles. The fraction of sp³-hybridized carbons (Fsp3) is 0.111. The van der Waals surface area contributed by atoms with E-state index in [4.69, 9.17) is 36.1 Å². The molecule has 0 aliphatic rings. The Morgan fingerprint density at radius 3 is 2.06 bits per heavy atom. The van der Waals surface area contributed by atoms with Gasteiger partial charge in [-0.1, -0.05) is 42.6 Å². The van der Waals surface area contributed by atoms with Crippen molar-refractivity contribution in [3.63, 3.8) is 0 Å². The molecule has 0 spiro atoms. The summed E-state index contributed by atoms with van der Waals surface area (Å²) in [6, 6.07) is 6.71. The molecule has 5 nitrogen and oxygen atoms in total. The van der Waals surface area contributed by atoms with E-state index in [2.05, 4.69) is 10.9 Å². The molecule has 0 aliphatic carbocycles. The van der Waals surface area contributed by atoms with Crippen LogP contribution in [-0.4, -0.2) is 15.1 Å². The lowest BCUT2D eigenvalue weighted by Crippen LogP contribution is -2.42. The Balaban J connectivity index is 3.16. The number of nitrogens with one attached hydrogen (secondary N) is 2. The monoisotopic (exact) mass is 256 g/mol. The van der Waals surface area contributed by atoms with E-state index in [0.29, 0.717) is 5.56 Å². The minimum atomic E-state index is -0.541. The SMILES string of the molecule is NNC(=S)C(C(=S)NN)c1ccccc1O. The van der Waals surface area contributed by atoms with Crippen molar-refractivity contribution in [3.05, 3.63) is 29.8 Å². The first-order chi connectivity index (χ1) is 7.61. The third-order valence-corrected chi connectivity index (χ3v) is 2.76. The molecule has 0 fully saturated rings. The summed E-state index contributed by atoms with van der Waals surface area (Å²) in [4.78, 5) is 0.564. The topological polar surface area (TPSA) is 96.3 Å². The van der Waals surface area contributed by atoms with Crippen LogP contribution in [-0.2, 0) is 0 Å². The fourth-order valence-electron chi connectivity index (χ4n) is 1.30. The summed E-state index contributed by atoms with van der Waals surface area (Å²) in [6.07, 6.45) is 0. The summed E-state index contributed by atoms with van der Waals surface area (Å²) in [5.74, 6) is 10.0. The van der Waals surface area contributed by atoms with Crippen LogP contribution in [0.5, 0.6) is 5.75 Å². The van der Waals surface area contributed by atoms with Crippen molar-refractivity contribution < 1.29 is 5.11 Å². The van der Waals surface area contributed by atoms with E-state index in [0.717, 1.165) is 0 Å². The second kappa shape index (κ2) is 5.71. The molecule has 0 bridgehead atoms. The van der Waals surface area contributed by atoms with Crippen LogP contribution >= 0.6 is 24.4 Å². The van der Waals surface area contributed by atoms with E-state index in [1.165, 1.54) is 0 Å². The van der Waals surface area contributed by atoms with Gasteiger partial charge < -0.3 is 16.0 Å². The third kappa shape index (κ3) is 2.64. The summed E-state index contributed by atoms with van der Waals surface area (Å²) in [5.41, 5.74) is 5.24. The van der Waals surface area contributed by atoms with Crippen molar-refractivity contribution in [1.29, 1.82) is 0 Å². The molecule has 0 saturated heterocycles. The number of aromatic hydroxyl groups is 1. The van der Waals surface area contributed by atoms with Gasteiger partial charge in [0.05, 0.1) is 5.92 Å². The highest BCUT2D eigenvalue weighted by atomic mass is 32.1. The molecule has 0 unspecified atom stereocenters. The van der Waals surface area contributed by atoms with Crippen molar-refractivity contribution in [2.45, 2.75) is 5.92 Å². The molecule has 0 atom stereocenters. The first-order valence-electron chi connectivity index (χ1n) is 4.40. The second-order valence-electron chi connectivity index (χ2n) is 3.01. The number of thiocarbonyl (C=S) groups is 2. The zero-order chi connectivity index (χ0) is 12.1. The minimum absolute atomic E-state index is 0.0858. The largest absolute Gasteiger partial charge is 0.508 e. The first-order valence-corrected chi connectivity index (χ1v) is 5.22. The molecule has 0 saturated carbocycles. The summed E-state index contributed by atoms with van der Waals surface area (Å²) in [7, 11) is 0. The molecule has 0 radical (unpaired) electrons. The number of hydrogen-bond donors (Lipinski definition) is 5. The molecule has 7 N–H and O–H groups in total. The van der Waals surface area contributed by atoms with Gasteiger partial charge in [-0.15, -0.1) is 0 Å². The van der Waals surface area contributed by atoms with Crippen LogP contribution in [0.25, 0.3) is 0 Å². The number of benzene rings is 1. The van der Waals surface area contributed by atoms with Gasteiger partial charge in [0.2, 0.25) is 0 Å². The van der Waals surface area contributed by atoms with Crippen LogP contribution in [0.1, 0.15) is 11.5 Å². The molecule has 0 amide bonds. The average molecular weight is 256 g/mol. The van der Waals surface area contributed by atoms with Gasteiger partial charge in [0.25, 0.3) is 0 Å². The molecule has 0 aromatic heterocycles. The lowest BCUT2D eigenvalue weighted by atomic mass is 9.98. The lowest BCUT2D eigenvalue weighted by Gasteiger charge is -2.19. The average Bonchev–Trinajstić information content (AvgIpc) is 2.31. The Kier molecular flexibility index (Phi) is 4.56. The number of phenols is 1. The van der Waals surface area contributed by atoms with Gasteiger partial charge in [0.1, 0.15) is 15.7 Å². The molecule has 7 heteroatoms. The van der Waals surface area contributed by atoms with Crippen LogP contribution in [0.2, 0.25) is 0 Å². The van der Waals surface area contributed by atoms with Crippen LogP contribution < -0.4 is 22.5 Å². The van der Waals surface area contributed by atoms with E-state index in [1.54, 1.807) is 24.3 Å². The van der Waals surface area contributed by atoms with Crippen LogP contribution in [0.3, 0.4) is 0 Å².